The molecule has 0 N–H and O–H groups in total. The molecule has 2 nitrogen and oxygen atoms in total. The predicted molar refractivity (Wildman–Crippen MR) is 212 cm³/mol. The number of hydrogen-bond donors (Lipinski definition) is 0. The fourth-order valence-corrected chi connectivity index (χ4v) is 8.03. The van der Waals surface area contributed by atoms with Gasteiger partial charge in [-0.15, -0.1) is 11.3 Å². The van der Waals surface area contributed by atoms with Gasteiger partial charge < -0.3 is 9.80 Å². The zero-order valence-corrected chi connectivity index (χ0v) is 27.6. The van der Waals surface area contributed by atoms with Crippen LogP contribution in [0.2, 0.25) is 0 Å². The summed E-state index contributed by atoms with van der Waals surface area (Å²) >= 11 is 1.85. The number of rotatable bonds is 7. The molecule has 0 saturated heterocycles. The molecule has 9 rings (SSSR count). The van der Waals surface area contributed by atoms with Crippen LogP contribution in [0.3, 0.4) is 0 Å². The van der Waals surface area contributed by atoms with Crippen LogP contribution in [-0.2, 0) is 0 Å². The van der Waals surface area contributed by atoms with Crippen LogP contribution in [0.15, 0.2) is 194 Å². The quantitative estimate of drug-likeness (QED) is 0.170. The zero-order valence-electron chi connectivity index (χ0n) is 26.8. The number of fused-ring (bicyclic) bond motifs is 4. The summed E-state index contributed by atoms with van der Waals surface area (Å²) in [4.78, 5) is 4.69. The summed E-state index contributed by atoms with van der Waals surface area (Å²) < 4.78 is 2.62. The Balaban J connectivity index is 1.07. The van der Waals surface area contributed by atoms with E-state index in [4.69, 9.17) is 0 Å². The van der Waals surface area contributed by atoms with Gasteiger partial charge in [0.1, 0.15) is 0 Å². The number of nitrogens with zero attached hydrogens (tertiary/aromatic N) is 2. The molecule has 0 amide bonds. The highest BCUT2D eigenvalue weighted by Crippen LogP contribution is 2.42. The van der Waals surface area contributed by atoms with E-state index in [9.17, 15) is 0 Å². The van der Waals surface area contributed by atoms with Crippen molar-refractivity contribution in [2.24, 2.45) is 0 Å². The predicted octanol–water partition coefficient (Wildman–Crippen LogP) is 13.8. The van der Waals surface area contributed by atoms with E-state index in [-0.39, 0.29) is 0 Å². The highest BCUT2D eigenvalue weighted by atomic mass is 32.1. The summed E-state index contributed by atoms with van der Waals surface area (Å²) in [7, 11) is 0. The molecule has 8 aromatic carbocycles. The minimum atomic E-state index is 1.12. The summed E-state index contributed by atoms with van der Waals surface area (Å²) in [5.41, 5.74) is 9.18. The highest BCUT2D eigenvalue weighted by Gasteiger charge is 2.17. The van der Waals surface area contributed by atoms with E-state index in [1.54, 1.807) is 0 Å². The van der Waals surface area contributed by atoms with Gasteiger partial charge in [-0.3, -0.25) is 0 Å². The van der Waals surface area contributed by atoms with Crippen LogP contribution in [0.5, 0.6) is 0 Å². The molecule has 0 bridgehead atoms. The van der Waals surface area contributed by atoms with Crippen LogP contribution >= 0.6 is 11.3 Å². The summed E-state index contributed by atoms with van der Waals surface area (Å²) in [5.74, 6) is 0. The molecule has 9 aromatic rings. The van der Waals surface area contributed by atoms with Crippen molar-refractivity contribution in [3.8, 4) is 11.1 Å². The smallest absolute Gasteiger partial charge is 0.0540 e. The van der Waals surface area contributed by atoms with E-state index in [1.807, 2.05) is 11.3 Å². The van der Waals surface area contributed by atoms with Gasteiger partial charge in [0.05, 0.1) is 5.69 Å². The van der Waals surface area contributed by atoms with E-state index in [2.05, 4.69) is 204 Å². The molecule has 0 fully saturated rings. The van der Waals surface area contributed by atoms with Gasteiger partial charge in [-0.2, -0.15) is 0 Å². The van der Waals surface area contributed by atoms with Gasteiger partial charge in [-0.25, -0.2) is 0 Å². The normalized spacial score (nSPS) is 11.3. The van der Waals surface area contributed by atoms with E-state index in [0.29, 0.717) is 0 Å². The molecule has 0 spiro atoms. The van der Waals surface area contributed by atoms with E-state index >= 15 is 0 Å². The number of anilines is 6. The van der Waals surface area contributed by atoms with Gasteiger partial charge in [-0.1, -0.05) is 121 Å². The number of benzene rings is 8. The van der Waals surface area contributed by atoms with Crippen molar-refractivity contribution < 1.29 is 0 Å². The van der Waals surface area contributed by atoms with Gasteiger partial charge in [-0.05, 0) is 89.3 Å². The van der Waals surface area contributed by atoms with Crippen molar-refractivity contribution in [2.45, 2.75) is 0 Å². The minimum Gasteiger partial charge on any atom is -0.310 e. The van der Waals surface area contributed by atoms with E-state index < -0.39 is 0 Å². The Morgan fingerprint density at radius 2 is 0.796 bits per heavy atom. The summed E-state index contributed by atoms with van der Waals surface area (Å²) in [6.07, 6.45) is 0. The lowest BCUT2D eigenvalue weighted by Crippen LogP contribution is -2.10. The average Bonchev–Trinajstić information content (AvgIpc) is 3.55. The molecular weight excluding hydrogens is 613 g/mol. The lowest BCUT2D eigenvalue weighted by Gasteiger charge is -2.27. The number of hydrogen-bond acceptors (Lipinski definition) is 3. The molecule has 1 heterocycles. The Morgan fingerprint density at radius 1 is 0.306 bits per heavy atom. The maximum atomic E-state index is 2.35. The molecule has 232 valence electrons. The topological polar surface area (TPSA) is 6.48 Å². The maximum absolute atomic E-state index is 2.35. The fourth-order valence-electron chi connectivity index (χ4n) is 6.89. The van der Waals surface area contributed by atoms with Crippen molar-refractivity contribution in [3.63, 3.8) is 0 Å². The van der Waals surface area contributed by atoms with E-state index in [0.717, 1.165) is 34.1 Å². The van der Waals surface area contributed by atoms with Gasteiger partial charge in [0.2, 0.25) is 0 Å². The zero-order chi connectivity index (χ0) is 32.6. The molecule has 0 aliphatic heterocycles. The monoisotopic (exact) mass is 644 g/mol. The molecule has 0 radical (unpaired) electrons. The molecule has 0 atom stereocenters. The molecule has 0 aliphatic carbocycles. The molecule has 3 heteroatoms. The Labute approximate surface area is 290 Å². The fraction of sp³-hybridized carbons (Fsp3) is 0. The lowest BCUT2D eigenvalue weighted by atomic mass is 10.0. The third kappa shape index (κ3) is 5.41. The molecule has 0 unspecified atom stereocenters. The Hall–Kier alpha value is -6.16. The second-order valence-corrected chi connectivity index (χ2v) is 13.3. The molecule has 1 aromatic heterocycles. The van der Waals surface area contributed by atoms with Crippen molar-refractivity contribution in [1.29, 1.82) is 0 Å². The van der Waals surface area contributed by atoms with Crippen LogP contribution in [-0.4, -0.2) is 0 Å². The minimum absolute atomic E-state index is 1.12. The Kier molecular flexibility index (Phi) is 7.38. The summed E-state index contributed by atoms with van der Waals surface area (Å²) in [6, 6.07) is 69.7. The first-order chi connectivity index (χ1) is 24.3. The van der Waals surface area contributed by atoms with Crippen LogP contribution in [0.1, 0.15) is 0 Å². The van der Waals surface area contributed by atoms with Crippen molar-refractivity contribution >= 4 is 76.4 Å². The van der Waals surface area contributed by atoms with Gasteiger partial charge >= 0.3 is 0 Å². The second-order valence-electron chi connectivity index (χ2n) is 12.2. The van der Waals surface area contributed by atoms with Crippen LogP contribution in [0, 0.1) is 0 Å². The van der Waals surface area contributed by atoms with Crippen LogP contribution < -0.4 is 9.80 Å². The first-order valence-electron chi connectivity index (χ1n) is 16.6. The summed E-state index contributed by atoms with van der Waals surface area (Å²) in [6.45, 7) is 0. The van der Waals surface area contributed by atoms with Crippen LogP contribution in [0.25, 0.3) is 42.1 Å². The van der Waals surface area contributed by atoms with Crippen molar-refractivity contribution in [1.82, 2.24) is 0 Å². The number of para-hydroxylation sites is 2. The van der Waals surface area contributed by atoms with Gasteiger partial charge in [0.25, 0.3) is 0 Å². The third-order valence-electron chi connectivity index (χ3n) is 9.24. The lowest BCUT2D eigenvalue weighted by molar-refractivity contribution is 1.29. The van der Waals surface area contributed by atoms with Crippen LogP contribution in [0.4, 0.5) is 34.1 Å². The standard InChI is InChI=1S/C46H32N2S/c1-3-14-36(15-4-1)47(40-30-31-43-42-19-9-10-21-45(42)49-46(43)32-40)38-26-22-33(23-27-38)34-24-28-39(29-25-34)48(37-16-5-2-6-17-37)44-20-11-13-35-12-7-8-18-41(35)44/h1-32H. The number of thiophene rings is 1. The SMILES string of the molecule is c1ccc(N(c2ccc(-c3ccc(N(c4ccccc4)c4cccc5ccccc45)cc3)cc2)c2ccc3c(c2)sc2ccccc23)cc1. The maximum Gasteiger partial charge on any atom is 0.0540 e. The highest BCUT2D eigenvalue weighted by molar-refractivity contribution is 7.25. The second kappa shape index (κ2) is 12.5. The molecule has 0 saturated carbocycles. The van der Waals surface area contributed by atoms with Crippen molar-refractivity contribution in [3.05, 3.63) is 194 Å². The summed E-state index contributed by atoms with van der Waals surface area (Å²) in [5, 5.41) is 5.08. The third-order valence-corrected chi connectivity index (χ3v) is 10.4. The molecule has 0 aliphatic rings. The average molecular weight is 645 g/mol. The van der Waals surface area contributed by atoms with Gasteiger partial charge in [0, 0.05) is 54.0 Å². The molecule has 49 heavy (non-hydrogen) atoms. The first-order valence-corrected chi connectivity index (χ1v) is 17.4. The van der Waals surface area contributed by atoms with E-state index in [1.165, 1.54) is 42.1 Å². The molecular formula is C46H32N2S. The van der Waals surface area contributed by atoms with Crippen molar-refractivity contribution in [2.75, 3.05) is 9.80 Å². The van der Waals surface area contributed by atoms with Gasteiger partial charge in [0.15, 0.2) is 0 Å². The first kappa shape index (κ1) is 29.0. The Morgan fingerprint density at radius 3 is 1.49 bits per heavy atom. The Bertz CT molecular complexity index is 2530. The largest absolute Gasteiger partial charge is 0.310 e.